The minimum absolute atomic E-state index is 0.0446. The van der Waals surface area contributed by atoms with E-state index in [1.54, 1.807) is 25.1 Å². The van der Waals surface area contributed by atoms with Gasteiger partial charge in [-0.15, -0.1) is 0 Å². The SMILES string of the molecule is Cc1nc2ccc(Cl)cc2cc1C(=O)N(C)C. The molecule has 0 saturated carbocycles. The Labute approximate surface area is 105 Å². The zero-order valence-corrected chi connectivity index (χ0v) is 10.7. The number of rotatable bonds is 1. The molecule has 3 nitrogen and oxygen atoms in total. The Morgan fingerprint density at radius 2 is 2.00 bits per heavy atom. The van der Waals surface area contributed by atoms with E-state index in [1.165, 1.54) is 0 Å². The van der Waals surface area contributed by atoms with Gasteiger partial charge in [-0.2, -0.15) is 0 Å². The van der Waals surface area contributed by atoms with E-state index < -0.39 is 0 Å². The number of halogens is 1. The van der Waals surface area contributed by atoms with Crippen LogP contribution >= 0.6 is 11.6 Å². The molecule has 2 rings (SSSR count). The number of aryl methyl sites for hydroxylation is 1. The van der Waals surface area contributed by atoms with Gasteiger partial charge in [0.15, 0.2) is 0 Å². The molecule has 88 valence electrons. The van der Waals surface area contributed by atoms with Gasteiger partial charge in [-0.1, -0.05) is 11.6 Å². The molecule has 0 aliphatic rings. The van der Waals surface area contributed by atoms with Gasteiger partial charge in [0, 0.05) is 24.5 Å². The Hall–Kier alpha value is -1.61. The van der Waals surface area contributed by atoms with E-state index in [0.717, 1.165) is 16.6 Å². The Morgan fingerprint density at radius 1 is 1.29 bits per heavy atom. The highest BCUT2D eigenvalue weighted by Crippen LogP contribution is 2.21. The standard InChI is InChI=1S/C13H13ClN2O/c1-8-11(13(17)16(2)3)7-9-6-10(14)4-5-12(9)15-8/h4-7H,1-3H3. The van der Waals surface area contributed by atoms with Gasteiger partial charge in [0.2, 0.25) is 0 Å². The van der Waals surface area contributed by atoms with Crippen LogP contribution in [0.1, 0.15) is 16.1 Å². The van der Waals surface area contributed by atoms with Gasteiger partial charge in [-0.3, -0.25) is 9.78 Å². The molecule has 0 bridgehead atoms. The lowest BCUT2D eigenvalue weighted by molar-refractivity contribution is 0.0826. The number of hydrogen-bond acceptors (Lipinski definition) is 2. The first-order chi connectivity index (χ1) is 7.99. The maximum Gasteiger partial charge on any atom is 0.255 e. The molecule has 0 aliphatic carbocycles. The van der Waals surface area contributed by atoms with Crippen molar-refractivity contribution >= 4 is 28.4 Å². The van der Waals surface area contributed by atoms with Gasteiger partial charge in [-0.05, 0) is 31.2 Å². The van der Waals surface area contributed by atoms with Gasteiger partial charge in [0.25, 0.3) is 5.91 Å². The largest absolute Gasteiger partial charge is 0.345 e. The molecule has 0 fully saturated rings. The molecule has 0 spiro atoms. The van der Waals surface area contributed by atoms with Crippen LogP contribution in [0.5, 0.6) is 0 Å². The third kappa shape index (κ3) is 2.24. The summed E-state index contributed by atoms with van der Waals surface area (Å²) in [5.41, 5.74) is 2.20. The summed E-state index contributed by atoms with van der Waals surface area (Å²) in [4.78, 5) is 17.9. The van der Waals surface area contributed by atoms with E-state index in [1.807, 2.05) is 25.1 Å². The highest BCUT2D eigenvalue weighted by Gasteiger charge is 2.13. The van der Waals surface area contributed by atoms with Crippen LogP contribution in [0.3, 0.4) is 0 Å². The lowest BCUT2D eigenvalue weighted by Gasteiger charge is -2.12. The number of pyridine rings is 1. The summed E-state index contributed by atoms with van der Waals surface area (Å²) in [5, 5.41) is 1.53. The summed E-state index contributed by atoms with van der Waals surface area (Å²) < 4.78 is 0. The van der Waals surface area contributed by atoms with Gasteiger partial charge >= 0.3 is 0 Å². The fourth-order valence-electron chi connectivity index (χ4n) is 1.70. The van der Waals surface area contributed by atoms with Crippen molar-refractivity contribution in [1.29, 1.82) is 0 Å². The summed E-state index contributed by atoms with van der Waals surface area (Å²) in [6.07, 6.45) is 0. The average molecular weight is 249 g/mol. The molecule has 0 aliphatic heterocycles. The van der Waals surface area contributed by atoms with Crippen molar-refractivity contribution < 1.29 is 4.79 Å². The van der Waals surface area contributed by atoms with Gasteiger partial charge in [0.1, 0.15) is 0 Å². The average Bonchev–Trinajstić information content (AvgIpc) is 2.27. The number of carbonyl (C=O) groups is 1. The highest BCUT2D eigenvalue weighted by atomic mass is 35.5. The summed E-state index contributed by atoms with van der Waals surface area (Å²) in [7, 11) is 3.45. The second-order valence-electron chi connectivity index (χ2n) is 4.16. The fraction of sp³-hybridized carbons (Fsp3) is 0.231. The Kier molecular flexibility index (Phi) is 3.03. The fourth-order valence-corrected chi connectivity index (χ4v) is 1.88. The van der Waals surface area contributed by atoms with Crippen molar-refractivity contribution in [2.75, 3.05) is 14.1 Å². The van der Waals surface area contributed by atoms with Crippen LogP contribution in [0, 0.1) is 6.92 Å². The summed E-state index contributed by atoms with van der Waals surface area (Å²) in [6.45, 7) is 1.84. The van der Waals surface area contributed by atoms with E-state index in [4.69, 9.17) is 11.6 Å². The van der Waals surface area contributed by atoms with Crippen molar-refractivity contribution in [3.63, 3.8) is 0 Å². The highest BCUT2D eigenvalue weighted by molar-refractivity contribution is 6.31. The van der Waals surface area contributed by atoms with Crippen molar-refractivity contribution in [2.24, 2.45) is 0 Å². The number of fused-ring (bicyclic) bond motifs is 1. The van der Waals surface area contributed by atoms with Crippen LogP contribution in [0.2, 0.25) is 5.02 Å². The van der Waals surface area contributed by atoms with E-state index in [0.29, 0.717) is 10.6 Å². The molecule has 0 radical (unpaired) electrons. The molecule has 0 unspecified atom stereocenters. The van der Waals surface area contributed by atoms with Crippen LogP contribution < -0.4 is 0 Å². The van der Waals surface area contributed by atoms with Gasteiger partial charge in [0.05, 0.1) is 16.8 Å². The van der Waals surface area contributed by atoms with Crippen molar-refractivity contribution in [3.05, 3.63) is 40.5 Å². The van der Waals surface area contributed by atoms with Crippen LogP contribution in [0.15, 0.2) is 24.3 Å². The van der Waals surface area contributed by atoms with Crippen LogP contribution in [0.4, 0.5) is 0 Å². The molecule has 0 atom stereocenters. The molecule has 17 heavy (non-hydrogen) atoms. The van der Waals surface area contributed by atoms with E-state index in [-0.39, 0.29) is 5.91 Å². The van der Waals surface area contributed by atoms with Crippen molar-refractivity contribution in [3.8, 4) is 0 Å². The Bertz CT molecular complexity index is 593. The second kappa shape index (κ2) is 4.34. The second-order valence-corrected chi connectivity index (χ2v) is 4.59. The van der Waals surface area contributed by atoms with Crippen LogP contribution in [0.25, 0.3) is 10.9 Å². The van der Waals surface area contributed by atoms with Gasteiger partial charge in [-0.25, -0.2) is 0 Å². The predicted molar refractivity (Wildman–Crippen MR) is 69.5 cm³/mol. The summed E-state index contributed by atoms with van der Waals surface area (Å²) in [6, 6.07) is 7.31. The third-order valence-electron chi connectivity index (χ3n) is 2.60. The predicted octanol–water partition coefficient (Wildman–Crippen LogP) is 2.90. The zero-order valence-electron chi connectivity index (χ0n) is 9.99. The number of amides is 1. The Morgan fingerprint density at radius 3 is 2.65 bits per heavy atom. The van der Waals surface area contributed by atoms with Crippen molar-refractivity contribution in [2.45, 2.75) is 6.92 Å². The first-order valence-corrected chi connectivity index (χ1v) is 5.65. The van der Waals surface area contributed by atoms with Gasteiger partial charge < -0.3 is 4.90 Å². The molecule has 1 aromatic heterocycles. The molecule has 4 heteroatoms. The maximum absolute atomic E-state index is 11.9. The third-order valence-corrected chi connectivity index (χ3v) is 2.84. The molecule has 0 N–H and O–H groups in total. The maximum atomic E-state index is 11.9. The smallest absolute Gasteiger partial charge is 0.255 e. The summed E-state index contributed by atoms with van der Waals surface area (Å²) >= 11 is 5.93. The normalized spacial score (nSPS) is 10.6. The molecule has 1 aromatic carbocycles. The molecule has 2 aromatic rings. The summed E-state index contributed by atoms with van der Waals surface area (Å²) in [5.74, 6) is -0.0446. The zero-order chi connectivity index (χ0) is 12.6. The first-order valence-electron chi connectivity index (χ1n) is 5.27. The first kappa shape index (κ1) is 11.9. The Balaban J connectivity index is 2.65. The van der Waals surface area contributed by atoms with Crippen LogP contribution in [-0.4, -0.2) is 29.9 Å². The number of aromatic nitrogens is 1. The topological polar surface area (TPSA) is 33.2 Å². The lowest BCUT2D eigenvalue weighted by Crippen LogP contribution is -2.22. The number of carbonyl (C=O) groups excluding carboxylic acids is 1. The number of hydrogen-bond donors (Lipinski definition) is 0. The van der Waals surface area contributed by atoms with E-state index >= 15 is 0 Å². The molecule has 0 saturated heterocycles. The molecule has 1 amide bonds. The minimum Gasteiger partial charge on any atom is -0.345 e. The van der Waals surface area contributed by atoms with Crippen LogP contribution in [-0.2, 0) is 0 Å². The molecular weight excluding hydrogens is 236 g/mol. The van der Waals surface area contributed by atoms with E-state index in [2.05, 4.69) is 4.98 Å². The molecule has 1 heterocycles. The lowest BCUT2D eigenvalue weighted by atomic mass is 10.1. The quantitative estimate of drug-likeness (QED) is 0.778. The monoisotopic (exact) mass is 248 g/mol. The molecular formula is C13H13ClN2O. The number of nitrogens with zero attached hydrogens (tertiary/aromatic N) is 2. The number of benzene rings is 1. The van der Waals surface area contributed by atoms with E-state index in [9.17, 15) is 4.79 Å². The van der Waals surface area contributed by atoms with Crippen molar-refractivity contribution in [1.82, 2.24) is 9.88 Å². The minimum atomic E-state index is -0.0446.